The largest absolute Gasteiger partial charge is 0.382 e. The third-order valence-corrected chi connectivity index (χ3v) is 4.64. The van der Waals surface area contributed by atoms with E-state index in [9.17, 15) is 0 Å². The molecule has 84 valence electrons. The van der Waals surface area contributed by atoms with Crippen LogP contribution >= 0.6 is 23.3 Å². The summed E-state index contributed by atoms with van der Waals surface area (Å²) in [6, 6.07) is 0. The lowest BCUT2D eigenvalue weighted by molar-refractivity contribution is 0.495. The molecule has 1 aliphatic rings. The number of aromatic nitrogens is 1. The van der Waals surface area contributed by atoms with Crippen LogP contribution in [0.4, 0.5) is 10.8 Å². The van der Waals surface area contributed by atoms with Crippen molar-refractivity contribution in [3.63, 3.8) is 0 Å². The van der Waals surface area contributed by atoms with Gasteiger partial charge >= 0.3 is 0 Å². The van der Waals surface area contributed by atoms with Gasteiger partial charge in [0, 0.05) is 5.54 Å². The number of nitrogen functional groups attached to an aromatic ring is 1. The maximum absolute atomic E-state index is 5.80. The molecule has 1 fully saturated rings. The maximum Gasteiger partial charge on any atom is 0.153 e. The van der Waals surface area contributed by atoms with Crippen LogP contribution in [-0.4, -0.2) is 16.2 Å². The SMILES string of the molecule is CSc1c(N)nsc1NC(C)(C)C1CC1. The smallest absolute Gasteiger partial charge is 0.153 e. The van der Waals surface area contributed by atoms with Crippen molar-refractivity contribution >= 4 is 34.1 Å². The molecular weight excluding hydrogens is 226 g/mol. The first-order valence-corrected chi connectivity index (χ1v) is 7.11. The Morgan fingerprint density at radius 3 is 2.73 bits per heavy atom. The average Bonchev–Trinajstić information content (AvgIpc) is 2.94. The van der Waals surface area contributed by atoms with Gasteiger partial charge in [0.25, 0.3) is 0 Å². The fourth-order valence-corrected chi connectivity index (χ4v) is 3.46. The van der Waals surface area contributed by atoms with Crippen molar-refractivity contribution < 1.29 is 0 Å². The minimum atomic E-state index is 0.170. The van der Waals surface area contributed by atoms with E-state index in [1.807, 2.05) is 6.26 Å². The highest BCUT2D eigenvalue weighted by molar-refractivity contribution is 7.99. The van der Waals surface area contributed by atoms with Crippen LogP contribution in [0.3, 0.4) is 0 Å². The van der Waals surface area contributed by atoms with Crippen LogP contribution in [0.15, 0.2) is 4.90 Å². The molecule has 5 heteroatoms. The second-order valence-corrected chi connectivity index (χ2v) is 6.14. The summed E-state index contributed by atoms with van der Waals surface area (Å²) in [6.07, 6.45) is 4.71. The van der Waals surface area contributed by atoms with E-state index < -0.39 is 0 Å². The molecule has 0 radical (unpaired) electrons. The van der Waals surface area contributed by atoms with Gasteiger partial charge < -0.3 is 11.1 Å². The highest BCUT2D eigenvalue weighted by Crippen LogP contribution is 2.44. The predicted octanol–water partition coefficient (Wildman–Crippen LogP) is 3.05. The molecule has 0 amide bonds. The quantitative estimate of drug-likeness (QED) is 0.798. The third kappa shape index (κ3) is 2.23. The standard InChI is InChI=1S/C10H17N3S2/c1-10(2,6-4-5-6)12-9-7(14-3)8(11)13-15-9/h6,12H,4-5H2,1-3H3,(H2,11,13). The summed E-state index contributed by atoms with van der Waals surface area (Å²) >= 11 is 3.13. The fraction of sp³-hybridized carbons (Fsp3) is 0.700. The molecule has 15 heavy (non-hydrogen) atoms. The van der Waals surface area contributed by atoms with Crippen LogP contribution in [0.25, 0.3) is 0 Å². The number of rotatable bonds is 4. The van der Waals surface area contributed by atoms with Gasteiger partial charge in [-0.25, -0.2) is 0 Å². The maximum atomic E-state index is 5.80. The second-order valence-electron chi connectivity index (χ2n) is 4.55. The molecule has 1 aliphatic carbocycles. The van der Waals surface area contributed by atoms with Crippen molar-refractivity contribution in [1.29, 1.82) is 0 Å². The van der Waals surface area contributed by atoms with E-state index in [0.29, 0.717) is 5.82 Å². The number of thioether (sulfide) groups is 1. The number of hydrogen-bond acceptors (Lipinski definition) is 5. The number of nitrogens with two attached hydrogens (primary N) is 1. The summed E-state index contributed by atoms with van der Waals surface area (Å²) in [7, 11) is 0. The van der Waals surface area contributed by atoms with E-state index in [-0.39, 0.29) is 5.54 Å². The highest BCUT2D eigenvalue weighted by Gasteiger charge is 2.38. The molecule has 0 atom stereocenters. The number of nitrogens with one attached hydrogen (secondary N) is 1. The lowest BCUT2D eigenvalue weighted by Gasteiger charge is -2.26. The molecule has 0 bridgehead atoms. The molecule has 1 aromatic rings. The fourth-order valence-electron chi connectivity index (χ4n) is 1.77. The van der Waals surface area contributed by atoms with Crippen molar-refractivity contribution in [3.8, 4) is 0 Å². The summed E-state index contributed by atoms with van der Waals surface area (Å²) in [4.78, 5) is 1.09. The van der Waals surface area contributed by atoms with Gasteiger partial charge in [0.05, 0.1) is 4.90 Å². The third-order valence-electron chi connectivity index (χ3n) is 2.91. The van der Waals surface area contributed by atoms with E-state index >= 15 is 0 Å². The van der Waals surface area contributed by atoms with Crippen LogP contribution in [-0.2, 0) is 0 Å². The Labute approximate surface area is 99.0 Å². The number of hydrogen-bond donors (Lipinski definition) is 2. The van der Waals surface area contributed by atoms with Gasteiger partial charge in [-0.3, -0.25) is 0 Å². The van der Waals surface area contributed by atoms with Gasteiger partial charge in [-0.15, -0.1) is 11.8 Å². The highest BCUT2D eigenvalue weighted by atomic mass is 32.2. The Kier molecular flexibility index (Phi) is 2.85. The van der Waals surface area contributed by atoms with Crippen molar-refractivity contribution in [2.45, 2.75) is 37.1 Å². The molecule has 2 rings (SSSR count). The van der Waals surface area contributed by atoms with Crippen LogP contribution in [0.2, 0.25) is 0 Å². The predicted molar refractivity (Wildman–Crippen MR) is 68.7 cm³/mol. The van der Waals surface area contributed by atoms with Crippen molar-refractivity contribution in [1.82, 2.24) is 4.37 Å². The molecular formula is C10H17N3S2. The summed E-state index contributed by atoms with van der Waals surface area (Å²) in [5.74, 6) is 1.46. The van der Waals surface area contributed by atoms with Gasteiger partial charge in [0.2, 0.25) is 0 Å². The Morgan fingerprint density at radius 2 is 2.20 bits per heavy atom. The van der Waals surface area contributed by atoms with Gasteiger partial charge in [0.1, 0.15) is 5.00 Å². The van der Waals surface area contributed by atoms with Crippen molar-refractivity contribution in [2.75, 3.05) is 17.3 Å². The summed E-state index contributed by atoms with van der Waals surface area (Å²) in [6.45, 7) is 4.51. The second kappa shape index (κ2) is 3.87. The molecule has 3 nitrogen and oxygen atoms in total. The van der Waals surface area contributed by atoms with E-state index in [0.717, 1.165) is 15.8 Å². The average molecular weight is 243 g/mol. The molecule has 1 saturated carbocycles. The number of nitrogens with zero attached hydrogens (tertiary/aromatic N) is 1. The van der Waals surface area contributed by atoms with Gasteiger partial charge in [-0.1, -0.05) is 0 Å². The summed E-state index contributed by atoms with van der Waals surface area (Å²) < 4.78 is 4.19. The monoisotopic (exact) mass is 243 g/mol. The Balaban J connectivity index is 2.15. The molecule has 0 spiro atoms. The minimum Gasteiger partial charge on any atom is -0.382 e. The Morgan fingerprint density at radius 1 is 1.53 bits per heavy atom. The first-order valence-electron chi connectivity index (χ1n) is 5.12. The van der Waals surface area contributed by atoms with Crippen molar-refractivity contribution in [3.05, 3.63) is 0 Å². The van der Waals surface area contributed by atoms with E-state index in [2.05, 4.69) is 23.5 Å². The molecule has 1 heterocycles. The molecule has 1 aromatic heterocycles. The van der Waals surface area contributed by atoms with Crippen LogP contribution in [0.1, 0.15) is 26.7 Å². The van der Waals surface area contributed by atoms with Gasteiger partial charge in [-0.05, 0) is 50.4 Å². The Bertz CT molecular complexity index is 356. The topological polar surface area (TPSA) is 50.9 Å². The number of anilines is 2. The molecule has 0 unspecified atom stereocenters. The zero-order valence-electron chi connectivity index (χ0n) is 9.33. The van der Waals surface area contributed by atoms with Gasteiger partial charge in [0.15, 0.2) is 5.82 Å². The summed E-state index contributed by atoms with van der Waals surface area (Å²) in [5, 5.41) is 4.70. The molecule has 0 aliphatic heterocycles. The zero-order valence-corrected chi connectivity index (χ0v) is 11.0. The molecule has 0 aromatic carbocycles. The zero-order chi connectivity index (χ0) is 11.1. The normalized spacial score (nSPS) is 16.7. The van der Waals surface area contributed by atoms with Crippen LogP contribution in [0, 0.1) is 5.92 Å². The van der Waals surface area contributed by atoms with E-state index in [1.54, 1.807) is 11.8 Å². The van der Waals surface area contributed by atoms with Crippen LogP contribution < -0.4 is 11.1 Å². The van der Waals surface area contributed by atoms with Crippen molar-refractivity contribution in [2.24, 2.45) is 5.92 Å². The lowest BCUT2D eigenvalue weighted by atomic mass is 9.99. The lowest BCUT2D eigenvalue weighted by Crippen LogP contribution is -2.33. The molecule has 3 N–H and O–H groups in total. The minimum absolute atomic E-state index is 0.170. The van der Waals surface area contributed by atoms with E-state index in [4.69, 9.17) is 5.73 Å². The first kappa shape index (κ1) is 11.1. The van der Waals surface area contributed by atoms with E-state index in [1.165, 1.54) is 24.4 Å². The first-order chi connectivity index (χ1) is 7.04. The van der Waals surface area contributed by atoms with Gasteiger partial charge in [-0.2, -0.15) is 4.37 Å². The Hall–Kier alpha value is -0.420. The van der Waals surface area contributed by atoms with Crippen LogP contribution in [0.5, 0.6) is 0 Å². The summed E-state index contributed by atoms with van der Waals surface area (Å²) in [5.41, 5.74) is 5.97. The molecule has 0 saturated heterocycles.